The quantitative estimate of drug-likeness (QED) is 0.216. The smallest absolute Gasteiger partial charge is 0.452 e. The van der Waals surface area contributed by atoms with Gasteiger partial charge in [0.2, 0.25) is 11.8 Å². The maximum absolute atomic E-state index is 13.5. The molecule has 0 spiro atoms. The normalized spacial score (nSPS) is 13.6. The third-order valence-electron chi connectivity index (χ3n) is 6.78. The van der Waals surface area contributed by atoms with Crippen LogP contribution in [-0.4, -0.2) is 43.0 Å². The Morgan fingerprint density at radius 3 is 1.98 bits per heavy atom. The van der Waals surface area contributed by atoms with Gasteiger partial charge < -0.3 is 15.4 Å². The first-order chi connectivity index (χ1) is 20.2. The summed E-state index contributed by atoms with van der Waals surface area (Å²) in [7, 11) is 1.52. The van der Waals surface area contributed by atoms with Crippen molar-refractivity contribution >= 4 is 52.4 Å². The third-order valence-corrected chi connectivity index (χ3v) is 7.78. The second-order valence-electron chi connectivity index (χ2n) is 10.2. The number of hydrogen-bond acceptors (Lipinski definition) is 4. The molecule has 2 amide bonds. The van der Waals surface area contributed by atoms with Crippen LogP contribution in [0.15, 0.2) is 66.7 Å². The van der Waals surface area contributed by atoms with Crippen molar-refractivity contribution in [2.45, 2.75) is 50.9 Å². The first-order valence-corrected chi connectivity index (χ1v) is 14.4. The SMILES string of the molecule is COc1ccc(C(CC(=O)NC(Cc2ccc(Cl)cc2)C(=O)NC(C(=O)C(F)(F)F)C(C)C)c2ccc(Cl)c(Cl)c2)cc1. The highest BCUT2D eigenvalue weighted by atomic mass is 35.5. The van der Waals surface area contributed by atoms with E-state index in [1.165, 1.54) is 21.0 Å². The van der Waals surface area contributed by atoms with Gasteiger partial charge in [-0.2, -0.15) is 13.2 Å². The number of nitrogens with one attached hydrogen (secondary N) is 2. The van der Waals surface area contributed by atoms with E-state index in [1.54, 1.807) is 66.7 Å². The van der Waals surface area contributed by atoms with Crippen LogP contribution in [0.25, 0.3) is 0 Å². The average Bonchev–Trinajstić information content (AvgIpc) is 2.96. The summed E-state index contributed by atoms with van der Waals surface area (Å²) in [6.45, 7) is 2.77. The van der Waals surface area contributed by atoms with Gasteiger partial charge in [0.25, 0.3) is 5.78 Å². The lowest BCUT2D eigenvalue weighted by molar-refractivity contribution is -0.175. The molecule has 0 aliphatic heterocycles. The Bertz CT molecular complexity index is 1430. The number of ketones is 1. The molecule has 3 atom stereocenters. The molecule has 0 aliphatic carbocycles. The maximum atomic E-state index is 13.5. The monoisotopic (exact) mass is 656 g/mol. The summed E-state index contributed by atoms with van der Waals surface area (Å²) in [5, 5.41) is 5.92. The Morgan fingerprint density at radius 2 is 1.44 bits per heavy atom. The molecule has 230 valence electrons. The summed E-state index contributed by atoms with van der Waals surface area (Å²) < 4.78 is 45.0. The van der Waals surface area contributed by atoms with Crippen LogP contribution in [0.3, 0.4) is 0 Å². The van der Waals surface area contributed by atoms with Crippen molar-refractivity contribution in [1.29, 1.82) is 0 Å². The molecule has 0 radical (unpaired) electrons. The molecule has 0 bridgehead atoms. The number of carbonyl (C=O) groups is 3. The number of benzene rings is 3. The lowest BCUT2D eigenvalue weighted by Gasteiger charge is -2.26. The lowest BCUT2D eigenvalue weighted by atomic mass is 9.88. The lowest BCUT2D eigenvalue weighted by Crippen LogP contribution is -2.56. The molecular formula is C31H30Cl3F3N2O4. The fourth-order valence-electron chi connectivity index (χ4n) is 4.46. The molecule has 0 heterocycles. The van der Waals surface area contributed by atoms with Crippen molar-refractivity contribution in [3.63, 3.8) is 0 Å². The standard InChI is InChI=1S/C31H30Cl3F3N2O4/c1-17(2)28(29(41)31(35,36)37)39-30(42)26(14-18-4-9-21(32)10-5-18)38-27(40)16-23(19-6-11-22(43-3)12-7-19)20-8-13-24(33)25(34)15-20/h4-13,15,17,23,26,28H,14,16H2,1-3H3,(H,38,40)(H,39,42). The summed E-state index contributed by atoms with van der Waals surface area (Å²) in [6.07, 6.45) is -5.37. The topological polar surface area (TPSA) is 84.5 Å². The van der Waals surface area contributed by atoms with Crippen molar-refractivity contribution in [3.8, 4) is 5.75 Å². The molecule has 43 heavy (non-hydrogen) atoms. The van der Waals surface area contributed by atoms with Gasteiger partial charge in [-0.05, 0) is 59.0 Å². The zero-order valence-electron chi connectivity index (χ0n) is 23.5. The summed E-state index contributed by atoms with van der Waals surface area (Å²) >= 11 is 18.3. The van der Waals surface area contributed by atoms with Gasteiger partial charge in [0.1, 0.15) is 11.8 Å². The van der Waals surface area contributed by atoms with Gasteiger partial charge >= 0.3 is 6.18 Å². The first kappa shape index (κ1) is 34.2. The number of rotatable bonds is 12. The molecule has 0 saturated heterocycles. The fraction of sp³-hybridized carbons (Fsp3) is 0.323. The van der Waals surface area contributed by atoms with E-state index in [0.717, 1.165) is 5.56 Å². The summed E-state index contributed by atoms with van der Waals surface area (Å²) in [4.78, 5) is 38.9. The van der Waals surface area contributed by atoms with Crippen LogP contribution < -0.4 is 15.4 Å². The van der Waals surface area contributed by atoms with Gasteiger partial charge in [-0.3, -0.25) is 14.4 Å². The molecule has 0 aromatic heterocycles. The zero-order chi connectivity index (χ0) is 31.9. The Morgan fingerprint density at radius 1 is 0.837 bits per heavy atom. The molecular weight excluding hydrogens is 628 g/mol. The van der Waals surface area contributed by atoms with Crippen LogP contribution in [0, 0.1) is 5.92 Å². The summed E-state index contributed by atoms with van der Waals surface area (Å²) in [5.41, 5.74) is 2.00. The number of methoxy groups -OCH3 is 1. The van der Waals surface area contributed by atoms with Gasteiger partial charge in [-0.15, -0.1) is 0 Å². The van der Waals surface area contributed by atoms with Crippen molar-refractivity contribution in [1.82, 2.24) is 10.6 Å². The minimum Gasteiger partial charge on any atom is -0.497 e. The van der Waals surface area contributed by atoms with Crippen LogP contribution in [0.5, 0.6) is 5.75 Å². The zero-order valence-corrected chi connectivity index (χ0v) is 25.7. The molecule has 3 aromatic carbocycles. The maximum Gasteiger partial charge on any atom is 0.452 e. The molecule has 12 heteroatoms. The first-order valence-electron chi connectivity index (χ1n) is 13.2. The second kappa shape index (κ2) is 14.9. The van der Waals surface area contributed by atoms with Crippen molar-refractivity contribution in [2.75, 3.05) is 7.11 Å². The second-order valence-corrected chi connectivity index (χ2v) is 11.5. The Balaban J connectivity index is 1.92. The van der Waals surface area contributed by atoms with Crippen molar-refractivity contribution in [3.05, 3.63) is 98.5 Å². The predicted octanol–water partition coefficient (Wildman–Crippen LogP) is 7.18. The van der Waals surface area contributed by atoms with E-state index in [4.69, 9.17) is 39.5 Å². The van der Waals surface area contributed by atoms with Crippen molar-refractivity contribution < 1.29 is 32.3 Å². The van der Waals surface area contributed by atoms with E-state index >= 15 is 0 Å². The van der Waals surface area contributed by atoms with Crippen LogP contribution >= 0.6 is 34.8 Å². The Labute approximate surface area is 262 Å². The van der Waals surface area contributed by atoms with Crippen LogP contribution in [0.1, 0.15) is 42.9 Å². The van der Waals surface area contributed by atoms with E-state index in [1.807, 2.05) is 0 Å². The molecule has 3 aromatic rings. The third kappa shape index (κ3) is 9.61. The summed E-state index contributed by atoms with van der Waals surface area (Å²) in [5.74, 6) is -4.37. The largest absolute Gasteiger partial charge is 0.497 e. The number of hydrogen-bond donors (Lipinski definition) is 2. The highest BCUT2D eigenvalue weighted by Gasteiger charge is 2.45. The molecule has 0 saturated carbocycles. The Kier molecular flexibility index (Phi) is 11.9. The Hall–Kier alpha value is -3.27. The molecule has 3 rings (SSSR count). The minimum atomic E-state index is -5.15. The van der Waals surface area contributed by atoms with Gasteiger partial charge in [0, 0.05) is 23.8 Å². The molecule has 3 unspecified atom stereocenters. The molecule has 0 fully saturated rings. The van der Waals surface area contributed by atoms with E-state index in [9.17, 15) is 27.6 Å². The predicted molar refractivity (Wildman–Crippen MR) is 161 cm³/mol. The number of Topliss-reactive ketones (excluding diaryl/α,β-unsaturated/α-hetero) is 1. The number of alkyl halides is 3. The average molecular weight is 658 g/mol. The van der Waals surface area contributed by atoms with Crippen LogP contribution in [0.2, 0.25) is 15.1 Å². The van der Waals surface area contributed by atoms with Gasteiger partial charge in [0.05, 0.1) is 23.2 Å². The van der Waals surface area contributed by atoms with E-state index < -0.39 is 47.7 Å². The minimum absolute atomic E-state index is 0.0697. The van der Waals surface area contributed by atoms with Crippen molar-refractivity contribution in [2.24, 2.45) is 5.92 Å². The number of halogens is 6. The molecule has 6 nitrogen and oxygen atoms in total. The fourth-order valence-corrected chi connectivity index (χ4v) is 4.90. The van der Waals surface area contributed by atoms with Crippen LogP contribution in [-0.2, 0) is 20.8 Å². The van der Waals surface area contributed by atoms with Gasteiger partial charge in [-0.1, -0.05) is 79.0 Å². The molecule has 2 N–H and O–H groups in total. The van der Waals surface area contributed by atoms with E-state index in [0.29, 0.717) is 26.9 Å². The van der Waals surface area contributed by atoms with E-state index in [2.05, 4.69) is 10.6 Å². The van der Waals surface area contributed by atoms with Gasteiger partial charge in [0.15, 0.2) is 0 Å². The highest BCUT2D eigenvalue weighted by molar-refractivity contribution is 6.42. The van der Waals surface area contributed by atoms with E-state index in [-0.39, 0.29) is 17.9 Å². The van der Waals surface area contributed by atoms with Crippen LogP contribution in [0.4, 0.5) is 13.2 Å². The number of ether oxygens (including phenoxy) is 1. The van der Waals surface area contributed by atoms with Gasteiger partial charge in [-0.25, -0.2) is 0 Å². The highest BCUT2D eigenvalue weighted by Crippen LogP contribution is 2.33. The number of amides is 2. The number of carbonyl (C=O) groups excluding carboxylic acids is 3. The molecule has 0 aliphatic rings. The summed E-state index contributed by atoms with van der Waals surface area (Å²) in [6, 6.07) is 15.3.